The minimum atomic E-state index is -0.847. The fourth-order valence-electron chi connectivity index (χ4n) is 2.62. The van der Waals surface area contributed by atoms with Crippen LogP contribution in [-0.2, 0) is 5.79 Å². The van der Waals surface area contributed by atoms with Crippen LogP contribution in [0.4, 0.5) is 0 Å². The molecule has 0 saturated heterocycles. The molecule has 3 aromatic rings. The summed E-state index contributed by atoms with van der Waals surface area (Å²) in [6.45, 7) is 0. The second kappa shape index (κ2) is 5.00. The van der Waals surface area contributed by atoms with Gasteiger partial charge in [-0.2, -0.15) is 0 Å². The monoisotopic (exact) mass is 287 g/mol. The maximum Gasteiger partial charge on any atom is 0.344 e. The van der Waals surface area contributed by atoms with E-state index in [1.54, 1.807) is 33.5 Å². The molecule has 0 unspecified atom stereocenters. The number of fused-ring (bicyclic) bond motifs is 2. The predicted molar refractivity (Wildman–Crippen MR) is 81.1 cm³/mol. The third-order valence-corrected chi connectivity index (χ3v) is 3.84. The molecule has 0 bridgehead atoms. The van der Waals surface area contributed by atoms with Gasteiger partial charge < -0.3 is 8.83 Å². The van der Waals surface area contributed by atoms with Crippen molar-refractivity contribution < 1.29 is 8.83 Å². The first-order chi connectivity index (χ1) is 10.1. The highest BCUT2D eigenvalue weighted by atomic mass is 16.4. The van der Waals surface area contributed by atoms with Crippen molar-refractivity contribution in [2.75, 3.05) is 21.1 Å². The minimum Gasteiger partial charge on any atom is -0.464 e. The Hall–Kier alpha value is -2.15. The van der Waals surface area contributed by atoms with E-state index in [1.165, 1.54) is 0 Å². The van der Waals surface area contributed by atoms with E-state index in [0.717, 1.165) is 10.8 Å². The van der Waals surface area contributed by atoms with Crippen LogP contribution < -0.4 is 21.6 Å². The summed E-state index contributed by atoms with van der Waals surface area (Å²) in [7, 11) is 5.28. The van der Waals surface area contributed by atoms with Gasteiger partial charge in [-0.3, -0.25) is 16.0 Å². The molecule has 0 atom stereocenters. The first-order valence-electron chi connectivity index (χ1n) is 6.66. The molecule has 6 nitrogen and oxygen atoms in total. The fourth-order valence-corrected chi connectivity index (χ4v) is 2.62. The molecule has 1 aromatic carbocycles. The van der Waals surface area contributed by atoms with Gasteiger partial charge in [0.25, 0.3) is 0 Å². The summed E-state index contributed by atoms with van der Waals surface area (Å²) in [4.78, 5) is 12.3. The first kappa shape index (κ1) is 13.8. The average molecular weight is 287 g/mol. The lowest BCUT2D eigenvalue weighted by atomic mass is 10.1. The van der Waals surface area contributed by atoms with Crippen LogP contribution in [0.15, 0.2) is 44.2 Å². The number of furan rings is 1. The van der Waals surface area contributed by atoms with Crippen LogP contribution in [0.1, 0.15) is 5.56 Å². The third kappa shape index (κ3) is 2.04. The van der Waals surface area contributed by atoms with E-state index in [1.807, 2.05) is 18.2 Å². The molecule has 0 aliphatic rings. The second-order valence-electron chi connectivity index (χ2n) is 4.80. The zero-order valence-corrected chi connectivity index (χ0v) is 12.1. The Morgan fingerprint density at radius 1 is 0.952 bits per heavy atom. The number of hydrogen-bond donors (Lipinski definition) is 3. The van der Waals surface area contributed by atoms with Crippen LogP contribution in [0.3, 0.4) is 0 Å². The molecule has 3 N–H and O–H groups in total. The topological polar surface area (TPSA) is 79.4 Å². The van der Waals surface area contributed by atoms with E-state index < -0.39 is 11.4 Å². The number of rotatable bonds is 4. The van der Waals surface area contributed by atoms with Gasteiger partial charge in [-0.1, -0.05) is 0 Å². The van der Waals surface area contributed by atoms with Crippen LogP contribution in [0.5, 0.6) is 0 Å². The molecular formula is C15H17N3O3. The summed E-state index contributed by atoms with van der Waals surface area (Å²) < 4.78 is 10.8. The molecule has 0 spiro atoms. The van der Waals surface area contributed by atoms with Crippen LogP contribution in [0.2, 0.25) is 0 Å². The molecule has 6 heteroatoms. The van der Waals surface area contributed by atoms with Crippen LogP contribution in [0, 0.1) is 0 Å². The highest BCUT2D eigenvalue weighted by molar-refractivity contribution is 5.93. The van der Waals surface area contributed by atoms with Crippen molar-refractivity contribution in [3.05, 3.63) is 46.5 Å². The number of nitrogens with one attached hydrogen (secondary N) is 3. The van der Waals surface area contributed by atoms with E-state index in [2.05, 4.69) is 16.0 Å². The Kier molecular flexibility index (Phi) is 3.29. The SMILES string of the molecule is CNC(NC)(NC)c1cc2cc3ccoc3cc2oc1=O. The first-order valence-corrected chi connectivity index (χ1v) is 6.66. The molecule has 0 saturated carbocycles. The lowest BCUT2D eigenvalue weighted by molar-refractivity contribution is 0.242. The largest absolute Gasteiger partial charge is 0.464 e. The zero-order valence-electron chi connectivity index (χ0n) is 12.1. The van der Waals surface area contributed by atoms with Gasteiger partial charge in [0.05, 0.1) is 11.8 Å². The van der Waals surface area contributed by atoms with Crippen molar-refractivity contribution >= 4 is 21.9 Å². The Balaban J connectivity index is 2.31. The second-order valence-corrected chi connectivity index (χ2v) is 4.80. The van der Waals surface area contributed by atoms with Crippen molar-refractivity contribution in [2.45, 2.75) is 5.79 Å². The van der Waals surface area contributed by atoms with E-state index >= 15 is 0 Å². The summed E-state index contributed by atoms with van der Waals surface area (Å²) in [5.74, 6) is -0.847. The zero-order chi connectivity index (χ0) is 15.0. The maximum atomic E-state index is 12.3. The van der Waals surface area contributed by atoms with Crippen molar-refractivity contribution in [3.63, 3.8) is 0 Å². The molecular weight excluding hydrogens is 270 g/mol. The normalized spacial score (nSPS) is 12.3. The van der Waals surface area contributed by atoms with Gasteiger partial charge in [-0.05, 0) is 39.3 Å². The molecule has 0 aliphatic carbocycles. The standard InChI is InChI=1S/C15H17N3O3/c1-16-15(17-2,18-3)11-7-10-6-9-4-5-20-12(9)8-13(10)21-14(11)19/h4-8,16-18H,1-3H3. The molecule has 0 amide bonds. The molecule has 21 heavy (non-hydrogen) atoms. The van der Waals surface area contributed by atoms with Crippen molar-refractivity contribution in [1.82, 2.24) is 16.0 Å². The maximum absolute atomic E-state index is 12.3. The molecule has 0 aliphatic heterocycles. The lowest BCUT2D eigenvalue weighted by Crippen LogP contribution is -2.61. The highest BCUT2D eigenvalue weighted by Crippen LogP contribution is 2.24. The number of hydrogen-bond acceptors (Lipinski definition) is 6. The van der Waals surface area contributed by atoms with E-state index in [9.17, 15) is 4.79 Å². The Bertz CT molecular complexity index is 838. The van der Waals surface area contributed by atoms with E-state index in [0.29, 0.717) is 16.7 Å². The van der Waals surface area contributed by atoms with Crippen LogP contribution in [0.25, 0.3) is 21.9 Å². The molecule has 2 aromatic heterocycles. The quantitative estimate of drug-likeness (QED) is 0.496. The van der Waals surface area contributed by atoms with Crippen LogP contribution in [-0.4, -0.2) is 21.1 Å². The van der Waals surface area contributed by atoms with Gasteiger partial charge in [-0.15, -0.1) is 0 Å². The summed E-state index contributed by atoms with van der Waals surface area (Å²) in [6, 6.07) is 7.36. The van der Waals surface area contributed by atoms with Gasteiger partial charge in [0, 0.05) is 16.8 Å². The summed E-state index contributed by atoms with van der Waals surface area (Å²) in [5, 5.41) is 11.0. The Morgan fingerprint density at radius 3 is 2.33 bits per heavy atom. The van der Waals surface area contributed by atoms with Crippen LogP contribution >= 0.6 is 0 Å². The Morgan fingerprint density at radius 2 is 1.67 bits per heavy atom. The third-order valence-electron chi connectivity index (χ3n) is 3.84. The predicted octanol–water partition coefficient (Wildman–Crippen LogP) is 1.31. The molecule has 3 rings (SSSR count). The minimum absolute atomic E-state index is 0.411. The molecule has 110 valence electrons. The molecule has 0 fully saturated rings. The van der Waals surface area contributed by atoms with Gasteiger partial charge in [-0.25, -0.2) is 4.79 Å². The summed E-state index contributed by atoms with van der Waals surface area (Å²) in [5.41, 5.74) is 1.25. The van der Waals surface area contributed by atoms with Gasteiger partial charge in [0.1, 0.15) is 11.2 Å². The van der Waals surface area contributed by atoms with Gasteiger partial charge in [0.2, 0.25) is 0 Å². The van der Waals surface area contributed by atoms with Crippen molar-refractivity contribution in [1.29, 1.82) is 0 Å². The lowest BCUT2D eigenvalue weighted by Gasteiger charge is -2.32. The van der Waals surface area contributed by atoms with Crippen molar-refractivity contribution in [2.24, 2.45) is 0 Å². The highest BCUT2D eigenvalue weighted by Gasteiger charge is 2.30. The Labute approximate surface area is 121 Å². The van der Waals surface area contributed by atoms with Gasteiger partial charge in [0.15, 0.2) is 5.79 Å². The van der Waals surface area contributed by atoms with E-state index in [4.69, 9.17) is 8.83 Å². The molecule has 0 radical (unpaired) electrons. The summed E-state index contributed by atoms with van der Waals surface area (Å²) in [6.07, 6.45) is 1.61. The number of benzene rings is 1. The smallest absolute Gasteiger partial charge is 0.344 e. The molecule has 2 heterocycles. The van der Waals surface area contributed by atoms with Gasteiger partial charge >= 0.3 is 5.63 Å². The van der Waals surface area contributed by atoms with E-state index in [-0.39, 0.29) is 0 Å². The fraction of sp³-hybridized carbons (Fsp3) is 0.267. The summed E-state index contributed by atoms with van der Waals surface area (Å²) >= 11 is 0. The van der Waals surface area contributed by atoms with Crippen molar-refractivity contribution in [3.8, 4) is 0 Å². The average Bonchev–Trinajstić information content (AvgIpc) is 2.95.